The highest BCUT2D eigenvalue weighted by Crippen LogP contribution is 2.40. The van der Waals surface area contributed by atoms with Crippen molar-refractivity contribution >= 4 is 23.2 Å². The zero-order valence-corrected chi connectivity index (χ0v) is 9.67. The lowest BCUT2D eigenvalue weighted by Gasteiger charge is -2.38. The van der Waals surface area contributed by atoms with Crippen molar-refractivity contribution in [1.82, 2.24) is 0 Å². The van der Waals surface area contributed by atoms with E-state index in [0.717, 1.165) is 5.56 Å². The molecule has 1 heterocycles. The molecule has 0 aromatic heterocycles. The Bertz CT molecular complexity index is 308. The third kappa shape index (κ3) is 2.13. The molecular formula is C11H12Cl2O2. The van der Waals surface area contributed by atoms with Gasteiger partial charge in [-0.2, -0.15) is 0 Å². The molecule has 1 aromatic rings. The number of hydrogen-bond acceptors (Lipinski definition) is 2. The van der Waals surface area contributed by atoms with Crippen molar-refractivity contribution < 1.29 is 9.47 Å². The molecule has 2 rings (SSSR count). The molecule has 82 valence electrons. The molecule has 1 saturated heterocycles. The average Bonchev–Trinajstić information content (AvgIpc) is 2.31. The van der Waals surface area contributed by atoms with Crippen molar-refractivity contribution in [1.29, 1.82) is 0 Å². The van der Waals surface area contributed by atoms with E-state index in [2.05, 4.69) is 0 Å². The summed E-state index contributed by atoms with van der Waals surface area (Å²) in [6.45, 7) is 0.857. The Kier molecular flexibility index (Phi) is 3.52. The average molecular weight is 247 g/mol. The van der Waals surface area contributed by atoms with Crippen LogP contribution in [0.1, 0.15) is 12.0 Å². The van der Waals surface area contributed by atoms with E-state index < -0.39 is 10.4 Å². The van der Waals surface area contributed by atoms with Gasteiger partial charge in [-0.1, -0.05) is 30.3 Å². The maximum Gasteiger partial charge on any atom is 0.148 e. The van der Waals surface area contributed by atoms with Gasteiger partial charge in [-0.05, 0) is 5.56 Å². The summed E-state index contributed by atoms with van der Waals surface area (Å²) in [6, 6.07) is 9.80. The Morgan fingerprint density at radius 3 is 2.47 bits per heavy atom. The second-order valence-electron chi connectivity index (χ2n) is 3.48. The molecule has 1 atom stereocenters. The Labute approximate surface area is 99.1 Å². The minimum Gasteiger partial charge on any atom is -0.355 e. The van der Waals surface area contributed by atoms with Gasteiger partial charge in [0, 0.05) is 6.42 Å². The van der Waals surface area contributed by atoms with Crippen molar-refractivity contribution in [2.24, 2.45) is 0 Å². The molecule has 1 aromatic carbocycles. The lowest BCUT2D eigenvalue weighted by atomic mass is 9.91. The number of alkyl halides is 2. The fraction of sp³-hybridized carbons (Fsp3) is 0.455. The highest BCUT2D eigenvalue weighted by molar-refractivity contribution is 6.45. The Morgan fingerprint density at radius 2 is 1.93 bits per heavy atom. The molecule has 0 aliphatic carbocycles. The summed E-state index contributed by atoms with van der Waals surface area (Å²) in [4.78, 5) is -0.594. The first kappa shape index (κ1) is 11.2. The number of ether oxygens (including phenoxy) is 2. The van der Waals surface area contributed by atoms with Crippen LogP contribution in [0.5, 0.6) is 0 Å². The molecule has 1 unspecified atom stereocenters. The van der Waals surface area contributed by atoms with E-state index in [1.165, 1.54) is 0 Å². The summed E-state index contributed by atoms with van der Waals surface area (Å²) in [5.74, 6) is 0. The van der Waals surface area contributed by atoms with Gasteiger partial charge in [-0.25, -0.2) is 0 Å². The van der Waals surface area contributed by atoms with Gasteiger partial charge in [0.1, 0.15) is 17.2 Å². The second-order valence-corrected chi connectivity index (χ2v) is 4.57. The molecule has 0 radical (unpaired) electrons. The number of rotatable bonds is 2. The van der Waals surface area contributed by atoms with Crippen LogP contribution in [0.3, 0.4) is 0 Å². The summed E-state index contributed by atoms with van der Waals surface area (Å²) in [6.07, 6.45) is 0.675. The van der Waals surface area contributed by atoms with Crippen LogP contribution >= 0.6 is 23.2 Å². The Hall–Kier alpha value is -0.280. The van der Waals surface area contributed by atoms with Crippen LogP contribution < -0.4 is 0 Å². The molecule has 0 bridgehead atoms. The number of hydrogen-bond donors (Lipinski definition) is 0. The van der Waals surface area contributed by atoms with E-state index in [9.17, 15) is 0 Å². The van der Waals surface area contributed by atoms with Crippen LogP contribution in [-0.2, 0) is 15.1 Å². The van der Waals surface area contributed by atoms with Crippen molar-refractivity contribution in [2.75, 3.05) is 13.4 Å². The summed E-state index contributed by atoms with van der Waals surface area (Å²) in [5, 5.41) is 0. The monoisotopic (exact) mass is 246 g/mol. The van der Waals surface area contributed by atoms with Gasteiger partial charge in [-0.3, -0.25) is 0 Å². The fourth-order valence-electron chi connectivity index (χ4n) is 1.75. The van der Waals surface area contributed by atoms with E-state index >= 15 is 0 Å². The third-order valence-electron chi connectivity index (χ3n) is 2.63. The van der Waals surface area contributed by atoms with Gasteiger partial charge in [-0.15, -0.1) is 23.2 Å². The summed E-state index contributed by atoms with van der Waals surface area (Å²) in [7, 11) is 0. The van der Waals surface area contributed by atoms with Crippen molar-refractivity contribution in [3.05, 3.63) is 35.9 Å². The van der Waals surface area contributed by atoms with Crippen molar-refractivity contribution in [3.63, 3.8) is 0 Å². The zero-order chi connectivity index (χ0) is 10.7. The summed E-state index contributed by atoms with van der Waals surface area (Å²) >= 11 is 12.1. The molecule has 1 aliphatic heterocycles. The van der Waals surface area contributed by atoms with E-state index in [0.29, 0.717) is 13.0 Å². The Balaban J connectivity index is 2.34. The molecule has 0 N–H and O–H groups in total. The predicted octanol–water partition coefficient (Wildman–Crippen LogP) is 3.08. The van der Waals surface area contributed by atoms with Crippen LogP contribution in [0, 0.1) is 0 Å². The van der Waals surface area contributed by atoms with E-state index in [-0.39, 0.29) is 6.79 Å². The van der Waals surface area contributed by atoms with Gasteiger partial charge < -0.3 is 9.47 Å². The maximum absolute atomic E-state index is 6.03. The standard InChI is InChI=1S/C11H12Cl2O2/c12-10(13)11(6-7-14-8-15-11)9-4-2-1-3-5-9/h1-5,10H,6-8H2. The van der Waals surface area contributed by atoms with Gasteiger partial charge in [0.25, 0.3) is 0 Å². The minimum atomic E-state index is -0.622. The predicted molar refractivity (Wildman–Crippen MR) is 60.1 cm³/mol. The highest BCUT2D eigenvalue weighted by atomic mass is 35.5. The molecule has 1 aliphatic rings. The lowest BCUT2D eigenvalue weighted by Crippen LogP contribution is -2.41. The SMILES string of the molecule is ClC(Cl)C1(c2ccccc2)CCOCO1. The lowest BCUT2D eigenvalue weighted by molar-refractivity contribution is -0.193. The van der Waals surface area contributed by atoms with Gasteiger partial charge in [0.05, 0.1) is 6.61 Å². The quantitative estimate of drug-likeness (QED) is 0.747. The van der Waals surface area contributed by atoms with Gasteiger partial charge in [0.2, 0.25) is 0 Å². The summed E-state index contributed by atoms with van der Waals surface area (Å²) < 4.78 is 10.8. The zero-order valence-electron chi connectivity index (χ0n) is 8.16. The molecule has 2 nitrogen and oxygen atoms in total. The van der Waals surface area contributed by atoms with E-state index in [4.69, 9.17) is 32.7 Å². The largest absolute Gasteiger partial charge is 0.355 e. The molecule has 0 saturated carbocycles. The van der Waals surface area contributed by atoms with Crippen molar-refractivity contribution in [3.8, 4) is 0 Å². The van der Waals surface area contributed by atoms with E-state index in [1.54, 1.807) is 0 Å². The van der Waals surface area contributed by atoms with Crippen LogP contribution in [0.4, 0.5) is 0 Å². The summed E-state index contributed by atoms with van der Waals surface area (Å²) in [5.41, 5.74) is 0.381. The van der Waals surface area contributed by atoms with Gasteiger partial charge >= 0.3 is 0 Å². The van der Waals surface area contributed by atoms with Crippen LogP contribution in [0.2, 0.25) is 0 Å². The molecule has 1 fully saturated rings. The first-order valence-corrected chi connectivity index (χ1v) is 5.68. The molecule has 4 heteroatoms. The normalized spacial score (nSPS) is 26.9. The molecule has 0 amide bonds. The molecule has 0 spiro atoms. The third-order valence-corrected chi connectivity index (χ3v) is 3.34. The second kappa shape index (κ2) is 4.71. The first-order chi connectivity index (χ1) is 7.26. The molecule has 15 heavy (non-hydrogen) atoms. The van der Waals surface area contributed by atoms with Gasteiger partial charge in [0.15, 0.2) is 0 Å². The smallest absolute Gasteiger partial charge is 0.148 e. The first-order valence-electron chi connectivity index (χ1n) is 4.81. The highest BCUT2D eigenvalue weighted by Gasteiger charge is 2.41. The van der Waals surface area contributed by atoms with Crippen LogP contribution in [0.15, 0.2) is 30.3 Å². The van der Waals surface area contributed by atoms with Crippen molar-refractivity contribution in [2.45, 2.75) is 16.9 Å². The molecular weight excluding hydrogens is 235 g/mol. The maximum atomic E-state index is 6.03. The Morgan fingerprint density at radius 1 is 1.20 bits per heavy atom. The fourth-order valence-corrected chi connectivity index (χ4v) is 2.34. The van der Waals surface area contributed by atoms with Crippen LogP contribution in [0.25, 0.3) is 0 Å². The van der Waals surface area contributed by atoms with Crippen LogP contribution in [-0.4, -0.2) is 18.2 Å². The van der Waals surface area contributed by atoms with E-state index in [1.807, 2.05) is 30.3 Å². The number of halogens is 2. The minimum absolute atomic E-state index is 0.241. The number of benzene rings is 1. The topological polar surface area (TPSA) is 18.5 Å².